The largest absolute Gasteiger partial charge is 0.321 e. The predicted molar refractivity (Wildman–Crippen MR) is 70.2 cm³/mol. The number of aryl methyl sites for hydroxylation is 1. The summed E-state index contributed by atoms with van der Waals surface area (Å²) in [6.07, 6.45) is 7.22. The van der Waals surface area contributed by atoms with Crippen LogP contribution in [0.5, 0.6) is 0 Å². The lowest BCUT2D eigenvalue weighted by molar-refractivity contribution is 0.230. The van der Waals surface area contributed by atoms with E-state index in [0.717, 1.165) is 44.0 Å². The Morgan fingerprint density at radius 3 is 2.72 bits per heavy atom. The topological polar surface area (TPSA) is 60.0 Å². The fraction of sp³-hybridized carbons (Fsp3) is 0.846. The van der Waals surface area contributed by atoms with Crippen LogP contribution in [0.2, 0.25) is 0 Å². The Balaban J connectivity index is 1.59. The number of hydrogen-bond donors (Lipinski definition) is 1. The first-order valence-electron chi connectivity index (χ1n) is 7.24. The van der Waals surface area contributed by atoms with Crippen molar-refractivity contribution in [1.29, 1.82) is 0 Å². The van der Waals surface area contributed by atoms with Gasteiger partial charge in [0.1, 0.15) is 5.82 Å². The smallest absolute Gasteiger partial charge is 0.152 e. The van der Waals surface area contributed by atoms with Crippen LogP contribution in [0.25, 0.3) is 0 Å². The van der Waals surface area contributed by atoms with E-state index in [1.54, 1.807) is 0 Å². The molecule has 5 nitrogen and oxygen atoms in total. The standard InChI is InChI=1S/C13H23N5/c14-11-5-4-9-18-13(11)15-12(16-18)6-10-17-7-2-1-3-8-17/h11H,1-10,14H2. The molecule has 0 bridgehead atoms. The second-order valence-electron chi connectivity index (χ2n) is 5.51. The van der Waals surface area contributed by atoms with Gasteiger partial charge in [-0.1, -0.05) is 6.42 Å². The third-order valence-corrected chi connectivity index (χ3v) is 4.06. The summed E-state index contributed by atoms with van der Waals surface area (Å²) in [6, 6.07) is 0.0926. The van der Waals surface area contributed by atoms with Gasteiger partial charge in [-0.25, -0.2) is 9.67 Å². The molecule has 18 heavy (non-hydrogen) atoms. The van der Waals surface area contributed by atoms with Crippen molar-refractivity contribution in [1.82, 2.24) is 19.7 Å². The summed E-state index contributed by atoms with van der Waals surface area (Å²) >= 11 is 0. The van der Waals surface area contributed by atoms with Gasteiger partial charge in [-0.2, -0.15) is 5.10 Å². The molecule has 1 fully saturated rings. The Morgan fingerprint density at radius 1 is 1.11 bits per heavy atom. The van der Waals surface area contributed by atoms with Crippen molar-refractivity contribution in [2.45, 2.75) is 51.1 Å². The van der Waals surface area contributed by atoms with E-state index < -0.39 is 0 Å². The van der Waals surface area contributed by atoms with E-state index in [1.165, 1.54) is 32.4 Å². The van der Waals surface area contributed by atoms with E-state index in [-0.39, 0.29) is 6.04 Å². The monoisotopic (exact) mass is 249 g/mol. The molecular formula is C13H23N5. The molecule has 5 heteroatoms. The van der Waals surface area contributed by atoms with Crippen molar-refractivity contribution >= 4 is 0 Å². The highest BCUT2D eigenvalue weighted by Crippen LogP contribution is 2.20. The van der Waals surface area contributed by atoms with E-state index in [0.29, 0.717) is 0 Å². The van der Waals surface area contributed by atoms with Crippen molar-refractivity contribution in [3.8, 4) is 0 Å². The highest BCUT2D eigenvalue weighted by molar-refractivity contribution is 5.01. The molecule has 0 saturated carbocycles. The van der Waals surface area contributed by atoms with Gasteiger partial charge >= 0.3 is 0 Å². The molecule has 3 rings (SSSR count). The first-order valence-corrected chi connectivity index (χ1v) is 7.24. The summed E-state index contributed by atoms with van der Waals surface area (Å²) in [6.45, 7) is 4.57. The maximum Gasteiger partial charge on any atom is 0.152 e. The SMILES string of the molecule is NC1CCCn2nc(CCN3CCCCC3)nc21. The van der Waals surface area contributed by atoms with Gasteiger partial charge in [-0.15, -0.1) is 0 Å². The number of aromatic nitrogens is 3. The Morgan fingerprint density at radius 2 is 1.94 bits per heavy atom. The van der Waals surface area contributed by atoms with Gasteiger partial charge in [-0.05, 0) is 38.8 Å². The van der Waals surface area contributed by atoms with Gasteiger partial charge in [0.15, 0.2) is 5.82 Å². The number of rotatable bonds is 3. The summed E-state index contributed by atoms with van der Waals surface area (Å²) in [5.41, 5.74) is 6.06. The molecule has 1 aromatic rings. The lowest BCUT2D eigenvalue weighted by Crippen LogP contribution is -2.31. The van der Waals surface area contributed by atoms with Crippen LogP contribution in [0.1, 0.15) is 49.8 Å². The molecule has 2 N–H and O–H groups in total. The molecule has 1 atom stereocenters. The number of nitrogens with zero attached hydrogens (tertiary/aromatic N) is 4. The Labute approximate surface area is 108 Å². The van der Waals surface area contributed by atoms with Gasteiger partial charge in [0, 0.05) is 19.5 Å². The molecular weight excluding hydrogens is 226 g/mol. The zero-order valence-electron chi connectivity index (χ0n) is 11.0. The van der Waals surface area contributed by atoms with Crippen molar-refractivity contribution in [2.24, 2.45) is 5.73 Å². The Hall–Kier alpha value is -0.940. The summed E-state index contributed by atoms with van der Waals surface area (Å²) < 4.78 is 2.01. The second kappa shape index (κ2) is 5.36. The van der Waals surface area contributed by atoms with Crippen molar-refractivity contribution in [2.75, 3.05) is 19.6 Å². The molecule has 0 aliphatic carbocycles. The van der Waals surface area contributed by atoms with Crippen LogP contribution in [0.4, 0.5) is 0 Å². The minimum absolute atomic E-state index is 0.0926. The van der Waals surface area contributed by atoms with Gasteiger partial charge in [0.2, 0.25) is 0 Å². The quantitative estimate of drug-likeness (QED) is 0.871. The first kappa shape index (κ1) is 12.1. The molecule has 0 aromatic carbocycles. The van der Waals surface area contributed by atoms with Gasteiger partial charge in [0.05, 0.1) is 6.04 Å². The zero-order valence-corrected chi connectivity index (χ0v) is 11.0. The number of likely N-dealkylation sites (tertiary alicyclic amines) is 1. The summed E-state index contributed by atoms with van der Waals surface area (Å²) in [4.78, 5) is 7.15. The van der Waals surface area contributed by atoms with Crippen LogP contribution in [0, 0.1) is 0 Å². The van der Waals surface area contributed by atoms with E-state index in [1.807, 2.05) is 4.68 Å². The highest BCUT2D eigenvalue weighted by Gasteiger charge is 2.21. The molecule has 2 aliphatic rings. The number of hydrogen-bond acceptors (Lipinski definition) is 4. The molecule has 3 heterocycles. The zero-order chi connectivity index (χ0) is 12.4. The average Bonchev–Trinajstić information content (AvgIpc) is 2.82. The maximum atomic E-state index is 6.06. The van der Waals surface area contributed by atoms with Gasteiger partial charge in [0.25, 0.3) is 0 Å². The van der Waals surface area contributed by atoms with Crippen LogP contribution in [0.3, 0.4) is 0 Å². The second-order valence-corrected chi connectivity index (χ2v) is 5.51. The molecule has 1 aromatic heterocycles. The molecule has 2 aliphatic heterocycles. The summed E-state index contributed by atoms with van der Waals surface area (Å²) in [5, 5.41) is 4.58. The minimum Gasteiger partial charge on any atom is -0.321 e. The third kappa shape index (κ3) is 2.57. The Kier molecular flexibility index (Phi) is 3.61. The summed E-state index contributed by atoms with van der Waals surface area (Å²) in [7, 11) is 0. The van der Waals surface area contributed by atoms with E-state index in [9.17, 15) is 0 Å². The van der Waals surface area contributed by atoms with Crippen LogP contribution in [-0.2, 0) is 13.0 Å². The Bertz CT molecular complexity index is 394. The normalized spacial score (nSPS) is 25.1. The first-order chi connectivity index (χ1) is 8.83. The van der Waals surface area contributed by atoms with E-state index >= 15 is 0 Å². The van der Waals surface area contributed by atoms with Gasteiger partial charge < -0.3 is 10.6 Å². The fourth-order valence-electron chi connectivity index (χ4n) is 2.98. The molecule has 1 unspecified atom stereocenters. The van der Waals surface area contributed by atoms with Crippen LogP contribution >= 0.6 is 0 Å². The summed E-state index contributed by atoms with van der Waals surface area (Å²) in [5.74, 6) is 1.97. The van der Waals surface area contributed by atoms with E-state index in [2.05, 4.69) is 15.0 Å². The average molecular weight is 249 g/mol. The lowest BCUT2D eigenvalue weighted by atomic mass is 10.1. The van der Waals surface area contributed by atoms with Gasteiger partial charge in [-0.3, -0.25) is 0 Å². The lowest BCUT2D eigenvalue weighted by Gasteiger charge is -2.25. The molecule has 0 amide bonds. The van der Waals surface area contributed by atoms with Crippen LogP contribution in [0.15, 0.2) is 0 Å². The van der Waals surface area contributed by atoms with Crippen molar-refractivity contribution in [3.63, 3.8) is 0 Å². The molecule has 0 spiro atoms. The molecule has 0 radical (unpaired) electrons. The number of nitrogens with two attached hydrogens (primary N) is 1. The van der Waals surface area contributed by atoms with Crippen LogP contribution in [-0.4, -0.2) is 39.3 Å². The van der Waals surface area contributed by atoms with Crippen molar-refractivity contribution in [3.05, 3.63) is 11.6 Å². The number of fused-ring (bicyclic) bond motifs is 1. The highest BCUT2D eigenvalue weighted by atomic mass is 15.4. The molecule has 1 saturated heterocycles. The van der Waals surface area contributed by atoms with Crippen molar-refractivity contribution < 1.29 is 0 Å². The predicted octanol–water partition coefficient (Wildman–Crippen LogP) is 1.10. The minimum atomic E-state index is 0.0926. The number of piperidine rings is 1. The van der Waals surface area contributed by atoms with E-state index in [4.69, 9.17) is 5.73 Å². The molecule has 100 valence electrons. The third-order valence-electron chi connectivity index (χ3n) is 4.06. The van der Waals surface area contributed by atoms with Crippen LogP contribution < -0.4 is 5.73 Å². The maximum absolute atomic E-state index is 6.06. The fourth-order valence-corrected chi connectivity index (χ4v) is 2.98.